The van der Waals surface area contributed by atoms with Crippen LogP contribution in [0.5, 0.6) is 5.75 Å². The summed E-state index contributed by atoms with van der Waals surface area (Å²) in [5, 5.41) is 16.5. The number of aromatic hydroxyl groups is 1. The zero-order chi connectivity index (χ0) is 27.8. The summed E-state index contributed by atoms with van der Waals surface area (Å²) in [5.41, 5.74) is -0.111. The van der Waals surface area contributed by atoms with Gasteiger partial charge in [0.15, 0.2) is 5.69 Å². The number of carbonyl (C=O) groups excluding carboxylic acids is 2. The maximum atomic E-state index is 13.4. The van der Waals surface area contributed by atoms with E-state index in [1.165, 1.54) is 4.57 Å². The average molecular weight is 531 g/mol. The summed E-state index contributed by atoms with van der Waals surface area (Å²) >= 11 is 0. The van der Waals surface area contributed by atoms with Crippen LogP contribution in [0.4, 0.5) is 4.79 Å². The smallest absolute Gasteiger partial charge is 0.408 e. The van der Waals surface area contributed by atoms with Gasteiger partial charge in [0.25, 0.3) is 11.5 Å². The van der Waals surface area contributed by atoms with Crippen molar-refractivity contribution >= 4 is 12.0 Å². The quantitative estimate of drug-likeness (QED) is 0.437. The van der Waals surface area contributed by atoms with Gasteiger partial charge in [-0.2, -0.15) is 0 Å². The summed E-state index contributed by atoms with van der Waals surface area (Å²) in [5.74, 6) is -1.00. The fraction of sp³-hybridized carbons (Fsp3) is 0.400. The number of nitrogens with one attached hydrogen (secondary N) is 2. The third-order valence-electron chi connectivity index (χ3n) is 8.96. The molecule has 0 saturated heterocycles. The maximum absolute atomic E-state index is 13.4. The number of fused-ring (bicyclic) bond motifs is 3. The highest BCUT2D eigenvalue weighted by atomic mass is 16.5. The van der Waals surface area contributed by atoms with Gasteiger partial charge in [-0.1, -0.05) is 81.4 Å². The van der Waals surface area contributed by atoms with E-state index >= 15 is 0 Å². The lowest BCUT2D eigenvalue weighted by atomic mass is 9.62. The number of alkyl carbamates (subject to hydrolysis) is 1. The first kappa shape index (κ1) is 26.5. The van der Waals surface area contributed by atoms with Gasteiger partial charge in [-0.05, 0) is 35.3 Å². The van der Waals surface area contributed by atoms with Crippen LogP contribution in [0.3, 0.4) is 0 Å². The third-order valence-corrected chi connectivity index (χ3v) is 8.96. The number of rotatable bonds is 6. The van der Waals surface area contributed by atoms with E-state index in [1.54, 1.807) is 0 Å². The van der Waals surface area contributed by atoms with Crippen LogP contribution in [-0.2, 0) is 24.4 Å². The minimum Gasteiger partial charge on any atom is -0.501 e. The lowest BCUT2D eigenvalue weighted by Gasteiger charge is -2.44. The summed E-state index contributed by atoms with van der Waals surface area (Å²) in [4.78, 5) is 44.2. The van der Waals surface area contributed by atoms with Crippen LogP contribution in [0.2, 0.25) is 0 Å². The summed E-state index contributed by atoms with van der Waals surface area (Å²) in [7, 11) is 0. The Labute approximate surface area is 227 Å². The molecule has 39 heavy (non-hydrogen) atoms. The molecule has 1 aliphatic carbocycles. The SMILES string of the molecule is CC1(C)[C@@H]2CC[C@@]1(C)C(NC(=O)OCc1ccccc1)c1nc(C(=O)NCc3ccccc3)c(O)c(=O)n1C2. The Balaban J connectivity index is 1.49. The molecule has 2 amide bonds. The van der Waals surface area contributed by atoms with Gasteiger partial charge in [0, 0.05) is 18.5 Å². The standard InChI is InChI=1S/C30H34N4O5/c1-29(2)21-14-15-30(29,3)24(33-28(38)39-18-20-12-8-5-9-13-20)25-32-22(23(35)27(37)34(25)17-21)26(36)31-16-19-10-6-4-7-11-19/h4-13,21,24,35H,14-18H2,1-3H3,(H,31,36)(H,33,38)/t21-,24?,30+/m1/s1. The van der Waals surface area contributed by atoms with Gasteiger partial charge in [0.1, 0.15) is 12.4 Å². The highest BCUT2D eigenvalue weighted by molar-refractivity contribution is 5.94. The fourth-order valence-electron chi connectivity index (χ4n) is 6.05. The lowest BCUT2D eigenvalue weighted by molar-refractivity contribution is 0.0459. The molecule has 1 unspecified atom stereocenters. The number of hydrogen-bond donors (Lipinski definition) is 3. The van der Waals surface area contributed by atoms with Gasteiger partial charge in [0.05, 0.1) is 6.04 Å². The zero-order valence-electron chi connectivity index (χ0n) is 22.4. The number of hydrogen-bond acceptors (Lipinski definition) is 6. The summed E-state index contributed by atoms with van der Waals surface area (Å²) in [6.45, 7) is 6.99. The molecule has 2 aromatic carbocycles. The number of nitrogens with zero attached hydrogens (tertiary/aromatic N) is 2. The molecule has 3 atom stereocenters. The summed E-state index contributed by atoms with van der Waals surface area (Å²) in [6, 6.07) is 17.9. The number of amides is 2. The minimum absolute atomic E-state index is 0.0884. The highest BCUT2D eigenvalue weighted by Gasteiger charge is 2.59. The average Bonchev–Trinajstić information content (AvgIpc) is 3.13. The van der Waals surface area contributed by atoms with Crippen molar-refractivity contribution in [3.05, 3.63) is 93.7 Å². The van der Waals surface area contributed by atoms with Crippen LogP contribution in [0.1, 0.15) is 67.1 Å². The highest BCUT2D eigenvalue weighted by Crippen LogP contribution is 2.62. The molecular weight excluding hydrogens is 496 g/mol. The molecule has 3 N–H and O–H groups in total. The monoisotopic (exact) mass is 530 g/mol. The summed E-state index contributed by atoms with van der Waals surface area (Å²) < 4.78 is 6.95. The molecule has 1 saturated carbocycles. The van der Waals surface area contributed by atoms with Crippen LogP contribution in [-0.4, -0.2) is 26.7 Å². The van der Waals surface area contributed by atoms with E-state index in [9.17, 15) is 19.5 Å². The second kappa shape index (κ2) is 10.2. The van der Waals surface area contributed by atoms with E-state index < -0.39 is 34.8 Å². The Hall–Kier alpha value is -4.14. The maximum Gasteiger partial charge on any atom is 0.408 e. The molecule has 204 valence electrons. The van der Waals surface area contributed by atoms with Crippen molar-refractivity contribution in [1.82, 2.24) is 20.2 Å². The molecule has 1 aromatic heterocycles. The van der Waals surface area contributed by atoms with Gasteiger partial charge in [-0.3, -0.25) is 14.2 Å². The van der Waals surface area contributed by atoms with E-state index in [-0.39, 0.29) is 36.0 Å². The predicted molar refractivity (Wildman–Crippen MR) is 145 cm³/mol. The Kier molecular flexibility index (Phi) is 6.92. The molecule has 9 heteroatoms. The number of aromatic nitrogens is 2. The topological polar surface area (TPSA) is 123 Å². The van der Waals surface area contributed by atoms with Crippen LogP contribution in [0, 0.1) is 16.7 Å². The normalized spacial score (nSPS) is 22.8. The van der Waals surface area contributed by atoms with Gasteiger partial charge in [0.2, 0.25) is 5.75 Å². The lowest BCUT2D eigenvalue weighted by Crippen LogP contribution is -2.46. The van der Waals surface area contributed by atoms with E-state index in [4.69, 9.17) is 4.74 Å². The second-order valence-corrected chi connectivity index (χ2v) is 11.3. The Morgan fingerprint density at radius 1 is 1.05 bits per heavy atom. The van der Waals surface area contributed by atoms with Gasteiger partial charge in [-0.25, -0.2) is 9.78 Å². The van der Waals surface area contributed by atoms with Crippen molar-refractivity contribution in [2.24, 2.45) is 16.7 Å². The Morgan fingerprint density at radius 3 is 2.36 bits per heavy atom. The van der Waals surface area contributed by atoms with E-state index in [0.29, 0.717) is 6.54 Å². The van der Waals surface area contributed by atoms with E-state index in [1.807, 2.05) is 60.7 Å². The molecule has 5 rings (SSSR count). The van der Waals surface area contributed by atoms with Crippen molar-refractivity contribution in [3.63, 3.8) is 0 Å². The van der Waals surface area contributed by atoms with Crippen molar-refractivity contribution in [2.75, 3.05) is 0 Å². The Morgan fingerprint density at radius 2 is 1.69 bits per heavy atom. The van der Waals surface area contributed by atoms with E-state index in [0.717, 1.165) is 24.0 Å². The van der Waals surface area contributed by atoms with Gasteiger partial charge >= 0.3 is 6.09 Å². The first-order valence-corrected chi connectivity index (χ1v) is 13.2. The second-order valence-electron chi connectivity index (χ2n) is 11.3. The van der Waals surface area contributed by atoms with Crippen LogP contribution in [0.15, 0.2) is 65.5 Å². The first-order valence-electron chi connectivity index (χ1n) is 13.2. The van der Waals surface area contributed by atoms with Crippen LogP contribution in [0.25, 0.3) is 0 Å². The minimum atomic E-state index is -0.725. The third kappa shape index (κ3) is 4.77. The number of ether oxygens (including phenoxy) is 1. The van der Waals surface area contributed by atoms with Crippen LogP contribution < -0.4 is 16.2 Å². The fourth-order valence-corrected chi connectivity index (χ4v) is 6.05. The molecule has 3 aromatic rings. The van der Waals surface area contributed by atoms with Gasteiger partial charge in [-0.15, -0.1) is 0 Å². The van der Waals surface area contributed by atoms with Gasteiger partial charge < -0.3 is 20.5 Å². The molecular formula is C30H34N4O5. The number of benzene rings is 2. The molecule has 1 aliphatic heterocycles. The molecule has 0 radical (unpaired) electrons. The predicted octanol–water partition coefficient (Wildman–Crippen LogP) is 4.30. The Bertz CT molecular complexity index is 1440. The van der Waals surface area contributed by atoms with Crippen molar-refractivity contribution in [1.29, 1.82) is 0 Å². The first-order chi connectivity index (χ1) is 18.6. The molecule has 0 spiro atoms. The number of carbonyl (C=O) groups is 2. The van der Waals surface area contributed by atoms with Crippen LogP contribution >= 0.6 is 0 Å². The molecule has 2 bridgehead atoms. The molecule has 9 nitrogen and oxygen atoms in total. The largest absolute Gasteiger partial charge is 0.501 e. The van der Waals surface area contributed by atoms with Crippen molar-refractivity contribution in [2.45, 2.75) is 59.4 Å². The molecule has 1 fully saturated rings. The van der Waals surface area contributed by atoms with Crippen molar-refractivity contribution < 1.29 is 19.4 Å². The van der Waals surface area contributed by atoms with E-state index in [2.05, 4.69) is 36.4 Å². The molecule has 2 heterocycles. The van der Waals surface area contributed by atoms with Crippen molar-refractivity contribution in [3.8, 4) is 5.75 Å². The summed E-state index contributed by atoms with van der Waals surface area (Å²) in [6.07, 6.45) is 1.00. The molecule has 2 aliphatic rings. The zero-order valence-corrected chi connectivity index (χ0v) is 22.4.